The Morgan fingerprint density at radius 3 is 2.59 bits per heavy atom. The molecular weight excluding hydrogens is 500 g/mol. The number of nitrogens with one attached hydrogen (secondary N) is 1. The molecule has 0 spiro atoms. The Hall–Kier alpha value is -2.11. The fraction of sp³-hybridized carbons (Fsp3) is 0.250. The van der Waals surface area contributed by atoms with E-state index in [1.807, 2.05) is 0 Å². The van der Waals surface area contributed by atoms with Crippen LogP contribution >= 0.6 is 39.1 Å². The molecule has 13 heteroatoms. The molecule has 154 valence electrons. The zero-order valence-electron chi connectivity index (χ0n) is 14.6. The molecule has 1 aromatic carbocycles. The summed E-state index contributed by atoms with van der Waals surface area (Å²) in [4.78, 5) is 16.1. The summed E-state index contributed by atoms with van der Waals surface area (Å²) in [7, 11) is 0. The molecule has 3 rings (SSSR count). The molecule has 29 heavy (non-hydrogen) atoms. The molecule has 2 heterocycles. The minimum Gasteiger partial charge on any atom is -0.292 e. The molecule has 1 amide bonds. The first-order valence-electron chi connectivity index (χ1n) is 7.98. The van der Waals surface area contributed by atoms with Gasteiger partial charge in [0, 0.05) is 0 Å². The standard InChI is InChI=1S/C16H12BrCl2F3N6O/c1-8-13(17)14(16(20,21)22)25-28(8)6-12(29)24-15-23-7-27(26-15)5-9-2-3-10(18)11(19)4-9/h2-4,7H,5-6H2,1H3,(H,24,26,29). The molecule has 0 atom stereocenters. The van der Waals surface area contributed by atoms with Crippen LogP contribution < -0.4 is 5.32 Å². The third-order valence-corrected chi connectivity index (χ3v) is 5.50. The zero-order valence-corrected chi connectivity index (χ0v) is 17.7. The van der Waals surface area contributed by atoms with E-state index in [0.29, 0.717) is 16.6 Å². The van der Waals surface area contributed by atoms with Gasteiger partial charge in [0.15, 0.2) is 5.69 Å². The number of hydrogen-bond donors (Lipinski definition) is 1. The van der Waals surface area contributed by atoms with Crippen LogP contribution in [-0.4, -0.2) is 30.5 Å². The number of halogens is 6. The van der Waals surface area contributed by atoms with Crippen molar-refractivity contribution in [3.8, 4) is 0 Å². The summed E-state index contributed by atoms with van der Waals surface area (Å²) in [6, 6.07) is 5.10. The van der Waals surface area contributed by atoms with Gasteiger partial charge in [0.2, 0.25) is 11.9 Å². The van der Waals surface area contributed by atoms with Gasteiger partial charge in [-0.25, -0.2) is 9.67 Å². The van der Waals surface area contributed by atoms with Crippen LogP contribution in [0.3, 0.4) is 0 Å². The van der Waals surface area contributed by atoms with Crippen LogP contribution in [0.2, 0.25) is 10.0 Å². The van der Waals surface area contributed by atoms with Crippen LogP contribution in [0.5, 0.6) is 0 Å². The molecule has 7 nitrogen and oxygen atoms in total. The highest BCUT2D eigenvalue weighted by molar-refractivity contribution is 9.10. The van der Waals surface area contributed by atoms with Gasteiger partial charge in [0.25, 0.3) is 0 Å². The minimum atomic E-state index is -4.63. The van der Waals surface area contributed by atoms with Gasteiger partial charge in [-0.05, 0) is 40.5 Å². The lowest BCUT2D eigenvalue weighted by Crippen LogP contribution is -2.21. The number of hydrogen-bond acceptors (Lipinski definition) is 4. The van der Waals surface area contributed by atoms with Crippen LogP contribution in [0.25, 0.3) is 0 Å². The molecule has 0 aliphatic carbocycles. The molecular formula is C16H12BrCl2F3N6O. The van der Waals surface area contributed by atoms with Crippen LogP contribution in [-0.2, 0) is 24.1 Å². The Kier molecular flexibility index (Phi) is 6.20. The molecule has 0 aliphatic rings. The third kappa shape index (κ3) is 5.09. The van der Waals surface area contributed by atoms with Gasteiger partial charge >= 0.3 is 6.18 Å². The molecule has 2 aromatic heterocycles. The highest BCUT2D eigenvalue weighted by atomic mass is 79.9. The summed E-state index contributed by atoms with van der Waals surface area (Å²) in [5, 5.41) is 10.8. The Morgan fingerprint density at radius 2 is 1.97 bits per heavy atom. The third-order valence-electron chi connectivity index (χ3n) is 3.81. The van der Waals surface area contributed by atoms with Crippen LogP contribution in [0, 0.1) is 6.92 Å². The Balaban J connectivity index is 1.66. The lowest BCUT2D eigenvalue weighted by atomic mass is 10.2. The van der Waals surface area contributed by atoms with Crippen molar-refractivity contribution >= 4 is 51.0 Å². The Labute approximate surface area is 180 Å². The number of nitrogens with zero attached hydrogens (tertiary/aromatic N) is 5. The molecule has 0 saturated heterocycles. The minimum absolute atomic E-state index is 0.00924. The van der Waals surface area contributed by atoms with Crippen molar-refractivity contribution in [3.63, 3.8) is 0 Å². The van der Waals surface area contributed by atoms with Crippen molar-refractivity contribution in [2.24, 2.45) is 0 Å². The van der Waals surface area contributed by atoms with E-state index in [2.05, 4.69) is 36.4 Å². The van der Waals surface area contributed by atoms with E-state index in [1.54, 1.807) is 18.2 Å². The summed E-state index contributed by atoms with van der Waals surface area (Å²) in [5.74, 6) is -0.612. The largest absolute Gasteiger partial charge is 0.436 e. The van der Waals surface area contributed by atoms with E-state index in [0.717, 1.165) is 10.2 Å². The van der Waals surface area contributed by atoms with Crippen molar-refractivity contribution in [1.82, 2.24) is 24.5 Å². The van der Waals surface area contributed by atoms with Crippen molar-refractivity contribution in [2.75, 3.05) is 5.32 Å². The fourth-order valence-electron chi connectivity index (χ4n) is 2.41. The number of carbonyl (C=O) groups is 1. The van der Waals surface area contributed by atoms with Gasteiger partial charge in [0.05, 0.1) is 26.8 Å². The lowest BCUT2D eigenvalue weighted by molar-refractivity contribution is -0.142. The average molecular weight is 512 g/mol. The van der Waals surface area contributed by atoms with Gasteiger partial charge in [-0.2, -0.15) is 18.3 Å². The Morgan fingerprint density at radius 1 is 1.24 bits per heavy atom. The predicted octanol–water partition coefficient (Wildman–Crippen LogP) is 4.56. The van der Waals surface area contributed by atoms with E-state index >= 15 is 0 Å². The summed E-state index contributed by atoms with van der Waals surface area (Å²) >= 11 is 14.7. The summed E-state index contributed by atoms with van der Waals surface area (Å²) < 4.78 is 40.9. The van der Waals surface area contributed by atoms with Crippen molar-refractivity contribution in [2.45, 2.75) is 26.2 Å². The number of rotatable bonds is 5. The molecule has 0 bridgehead atoms. The molecule has 0 radical (unpaired) electrons. The normalized spacial score (nSPS) is 11.7. The average Bonchev–Trinajstić information content (AvgIpc) is 3.17. The predicted molar refractivity (Wildman–Crippen MR) is 104 cm³/mol. The van der Waals surface area contributed by atoms with E-state index in [-0.39, 0.29) is 16.1 Å². The van der Waals surface area contributed by atoms with Gasteiger partial charge in [0.1, 0.15) is 12.9 Å². The first-order chi connectivity index (χ1) is 13.5. The molecule has 0 fully saturated rings. The summed E-state index contributed by atoms with van der Waals surface area (Å²) in [6.07, 6.45) is -3.23. The van der Waals surface area contributed by atoms with Crippen LogP contribution in [0.4, 0.5) is 19.1 Å². The van der Waals surface area contributed by atoms with Gasteiger partial charge in [-0.1, -0.05) is 29.3 Å². The van der Waals surface area contributed by atoms with Crippen molar-refractivity contribution in [3.05, 3.63) is 56.0 Å². The Bertz CT molecular complexity index is 1070. The lowest BCUT2D eigenvalue weighted by Gasteiger charge is -2.05. The van der Waals surface area contributed by atoms with E-state index in [9.17, 15) is 18.0 Å². The monoisotopic (exact) mass is 510 g/mol. The highest BCUT2D eigenvalue weighted by Crippen LogP contribution is 2.35. The second kappa shape index (κ2) is 8.33. The smallest absolute Gasteiger partial charge is 0.292 e. The number of anilines is 1. The fourth-order valence-corrected chi connectivity index (χ4v) is 3.24. The number of carbonyl (C=O) groups excluding carboxylic acids is 1. The first-order valence-corrected chi connectivity index (χ1v) is 9.53. The second-order valence-corrected chi connectivity index (χ2v) is 7.57. The van der Waals surface area contributed by atoms with E-state index in [1.165, 1.54) is 17.9 Å². The topological polar surface area (TPSA) is 77.6 Å². The maximum Gasteiger partial charge on any atom is 0.436 e. The second-order valence-electron chi connectivity index (χ2n) is 5.97. The molecule has 0 unspecified atom stereocenters. The molecule has 1 N–H and O–H groups in total. The van der Waals surface area contributed by atoms with Gasteiger partial charge < -0.3 is 0 Å². The van der Waals surface area contributed by atoms with Crippen molar-refractivity contribution in [1.29, 1.82) is 0 Å². The van der Waals surface area contributed by atoms with Crippen LogP contribution in [0.15, 0.2) is 29.0 Å². The number of benzene rings is 1. The maximum atomic E-state index is 12.9. The molecule has 3 aromatic rings. The first kappa shape index (κ1) is 21.6. The quantitative estimate of drug-likeness (QED) is 0.544. The van der Waals surface area contributed by atoms with Crippen LogP contribution in [0.1, 0.15) is 17.0 Å². The highest BCUT2D eigenvalue weighted by Gasteiger charge is 2.38. The van der Waals surface area contributed by atoms with E-state index in [4.69, 9.17) is 23.2 Å². The van der Waals surface area contributed by atoms with Gasteiger partial charge in [-0.3, -0.25) is 14.8 Å². The van der Waals surface area contributed by atoms with Gasteiger partial charge in [-0.15, -0.1) is 5.10 Å². The van der Waals surface area contributed by atoms with E-state index < -0.39 is 24.3 Å². The summed E-state index contributed by atoms with van der Waals surface area (Å²) in [6.45, 7) is 1.32. The number of amides is 1. The maximum absolute atomic E-state index is 12.9. The zero-order chi connectivity index (χ0) is 21.3. The summed E-state index contributed by atoms with van der Waals surface area (Å²) in [5.41, 5.74) is -0.101. The van der Waals surface area contributed by atoms with Crippen molar-refractivity contribution < 1.29 is 18.0 Å². The number of aromatic nitrogens is 5. The molecule has 0 aliphatic heterocycles. The SMILES string of the molecule is Cc1c(Br)c(C(F)(F)F)nn1CC(=O)Nc1ncn(Cc2ccc(Cl)c(Cl)c2)n1. The number of alkyl halides is 3. The molecule has 0 saturated carbocycles.